The summed E-state index contributed by atoms with van der Waals surface area (Å²) < 4.78 is 5.22. The van der Waals surface area contributed by atoms with Gasteiger partial charge in [-0.1, -0.05) is 12.1 Å². The van der Waals surface area contributed by atoms with E-state index in [0.29, 0.717) is 12.2 Å². The minimum atomic E-state index is -0.0788. The van der Waals surface area contributed by atoms with Gasteiger partial charge in [-0.3, -0.25) is 10.2 Å². The highest BCUT2D eigenvalue weighted by Gasteiger charge is 2.33. The van der Waals surface area contributed by atoms with Crippen molar-refractivity contribution in [2.75, 3.05) is 20.2 Å². The second kappa shape index (κ2) is 6.26. The van der Waals surface area contributed by atoms with Gasteiger partial charge in [0.25, 0.3) is 5.91 Å². The highest BCUT2D eigenvalue weighted by molar-refractivity contribution is 5.93. The summed E-state index contributed by atoms with van der Waals surface area (Å²) >= 11 is 0. The summed E-state index contributed by atoms with van der Waals surface area (Å²) in [5.41, 5.74) is 9.17. The zero-order valence-corrected chi connectivity index (χ0v) is 13.6. The quantitative estimate of drug-likeness (QED) is 0.676. The predicted octanol–water partition coefficient (Wildman–Crippen LogP) is 1.03. The van der Waals surface area contributed by atoms with Gasteiger partial charge in [0.1, 0.15) is 17.3 Å². The maximum atomic E-state index is 12.1. The van der Waals surface area contributed by atoms with Gasteiger partial charge in [-0.25, -0.2) is 10.4 Å². The summed E-state index contributed by atoms with van der Waals surface area (Å²) in [6.07, 6.45) is 1.78. The second-order valence-electron chi connectivity index (χ2n) is 6.19. The van der Waals surface area contributed by atoms with Crippen LogP contribution in [0.5, 0.6) is 5.75 Å². The van der Waals surface area contributed by atoms with Crippen molar-refractivity contribution in [2.45, 2.75) is 24.8 Å². The molecule has 2 aliphatic heterocycles. The monoisotopic (exact) mass is 327 g/mol. The van der Waals surface area contributed by atoms with Crippen LogP contribution in [0.15, 0.2) is 24.3 Å². The Morgan fingerprint density at radius 2 is 2.08 bits per heavy atom. The molecule has 2 aliphatic rings. The molecule has 7 heteroatoms. The molecular weight excluding hydrogens is 306 g/mol. The summed E-state index contributed by atoms with van der Waals surface area (Å²) in [5.74, 6) is 1.75. The third-order valence-electron chi connectivity index (χ3n) is 4.71. The molecule has 1 fully saturated rings. The molecule has 0 saturated carbocycles. The molecule has 2 aromatic rings. The molecule has 0 spiro atoms. The van der Waals surface area contributed by atoms with E-state index in [1.165, 1.54) is 0 Å². The third-order valence-corrected chi connectivity index (χ3v) is 4.71. The van der Waals surface area contributed by atoms with Crippen LogP contribution in [-0.4, -0.2) is 36.1 Å². The number of rotatable bonds is 3. The van der Waals surface area contributed by atoms with Crippen molar-refractivity contribution < 1.29 is 9.53 Å². The van der Waals surface area contributed by atoms with Crippen molar-refractivity contribution in [3.05, 3.63) is 47.0 Å². The van der Waals surface area contributed by atoms with Gasteiger partial charge >= 0.3 is 0 Å². The lowest BCUT2D eigenvalue weighted by atomic mass is 9.94. The zero-order chi connectivity index (χ0) is 16.5. The van der Waals surface area contributed by atoms with Crippen LogP contribution in [0.1, 0.15) is 46.0 Å². The number of imidazole rings is 1. The Morgan fingerprint density at radius 1 is 1.25 bits per heavy atom. The number of nitrogens with one attached hydrogen (secondary N) is 4. The molecule has 0 radical (unpaired) electrons. The number of hydrazine groups is 1. The number of hydrogen-bond donors (Lipinski definition) is 4. The van der Waals surface area contributed by atoms with Crippen LogP contribution in [0.4, 0.5) is 0 Å². The molecule has 4 rings (SSSR count). The first-order chi connectivity index (χ1) is 11.8. The number of benzene rings is 1. The van der Waals surface area contributed by atoms with E-state index in [9.17, 15) is 4.79 Å². The van der Waals surface area contributed by atoms with Gasteiger partial charge in [0.2, 0.25) is 0 Å². The Kier molecular flexibility index (Phi) is 3.95. The van der Waals surface area contributed by atoms with Crippen LogP contribution in [0.3, 0.4) is 0 Å². The van der Waals surface area contributed by atoms with Gasteiger partial charge in [-0.2, -0.15) is 0 Å². The fourth-order valence-corrected chi connectivity index (χ4v) is 3.40. The number of carbonyl (C=O) groups excluding carboxylic acids is 1. The molecule has 3 heterocycles. The minimum absolute atomic E-state index is 0.0788. The van der Waals surface area contributed by atoms with Crippen molar-refractivity contribution in [2.24, 2.45) is 0 Å². The third kappa shape index (κ3) is 2.65. The van der Waals surface area contributed by atoms with E-state index < -0.39 is 0 Å². The Labute approximate surface area is 140 Å². The smallest absolute Gasteiger partial charge is 0.271 e. The molecule has 24 heavy (non-hydrogen) atoms. The Balaban J connectivity index is 1.63. The van der Waals surface area contributed by atoms with Crippen LogP contribution in [0.25, 0.3) is 0 Å². The van der Waals surface area contributed by atoms with E-state index in [2.05, 4.69) is 38.3 Å². The highest BCUT2D eigenvalue weighted by atomic mass is 16.5. The second-order valence-corrected chi connectivity index (χ2v) is 6.19. The fourth-order valence-electron chi connectivity index (χ4n) is 3.40. The maximum absolute atomic E-state index is 12.1. The van der Waals surface area contributed by atoms with Crippen LogP contribution in [-0.2, 0) is 6.42 Å². The molecule has 7 nitrogen and oxygen atoms in total. The minimum Gasteiger partial charge on any atom is -0.497 e. The Morgan fingerprint density at radius 3 is 2.88 bits per heavy atom. The molecule has 1 aromatic carbocycles. The first-order valence-corrected chi connectivity index (χ1v) is 8.25. The van der Waals surface area contributed by atoms with E-state index in [1.54, 1.807) is 7.11 Å². The number of aryl methyl sites for hydroxylation is 1. The van der Waals surface area contributed by atoms with Crippen LogP contribution in [0.2, 0.25) is 0 Å². The Hall–Kier alpha value is -2.38. The van der Waals surface area contributed by atoms with Gasteiger partial charge < -0.3 is 15.0 Å². The lowest BCUT2D eigenvalue weighted by Crippen LogP contribution is -2.25. The molecule has 0 bridgehead atoms. The largest absolute Gasteiger partial charge is 0.497 e. The first kappa shape index (κ1) is 15.2. The van der Waals surface area contributed by atoms with Gasteiger partial charge in [0.15, 0.2) is 0 Å². The lowest BCUT2D eigenvalue weighted by molar-refractivity contribution is 0.0951. The highest BCUT2D eigenvalue weighted by Crippen LogP contribution is 2.33. The number of nitrogens with zero attached hydrogens (tertiary/aromatic N) is 1. The summed E-state index contributed by atoms with van der Waals surface area (Å²) in [5, 5.41) is 2.89. The summed E-state index contributed by atoms with van der Waals surface area (Å²) in [4.78, 5) is 20.1. The van der Waals surface area contributed by atoms with Crippen molar-refractivity contribution in [1.29, 1.82) is 0 Å². The predicted molar refractivity (Wildman–Crippen MR) is 88.9 cm³/mol. The fraction of sp³-hybridized carbons (Fsp3) is 0.412. The number of aromatic nitrogens is 2. The number of fused-ring (bicyclic) bond motifs is 1. The van der Waals surface area contributed by atoms with Crippen molar-refractivity contribution in [1.82, 2.24) is 26.1 Å². The first-order valence-electron chi connectivity index (χ1n) is 8.25. The topological polar surface area (TPSA) is 91.1 Å². The molecule has 2 unspecified atom stereocenters. The average Bonchev–Trinajstić information content (AvgIpc) is 3.22. The number of H-pyrrole nitrogens is 1. The van der Waals surface area contributed by atoms with Crippen molar-refractivity contribution in [3.63, 3.8) is 0 Å². The number of hydrogen-bond acceptors (Lipinski definition) is 5. The van der Waals surface area contributed by atoms with Crippen molar-refractivity contribution in [3.8, 4) is 5.75 Å². The van der Waals surface area contributed by atoms with E-state index in [4.69, 9.17) is 4.74 Å². The summed E-state index contributed by atoms with van der Waals surface area (Å²) in [6, 6.07) is 8.11. The van der Waals surface area contributed by atoms with E-state index >= 15 is 0 Å². The normalized spacial score (nSPS) is 23.5. The molecule has 0 aliphatic carbocycles. The molecule has 1 saturated heterocycles. The summed E-state index contributed by atoms with van der Waals surface area (Å²) in [7, 11) is 1.66. The van der Waals surface area contributed by atoms with Gasteiger partial charge in [-0.15, -0.1) is 0 Å². The van der Waals surface area contributed by atoms with Gasteiger partial charge in [0.05, 0.1) is 19.1 Å². The molecule has 1 aromatic heterocycles. The van der Waals surface area contributed by atoms with E-state index in [1.807, 2.05) is 12.1 Å². The molecule has 1 amide bonds. The molecule has 4 N–H and O–H groups in total. The Bertz CT molecular complexity index is 740. The van der Waals surface area contributed by atoms with Gasteiger partial charge in [-0.05, 0) is 30.5 Å². The SMILES string of the molecule is COc1ccc(C2NNCC2c2nc3c([nH]2)CCCNC3=O)cc1. The molecular formula is C17H21N5O2. The number of carbonyl (C=O) groups is 1. The van der Waals surface area contributed by atoms with Crippen LogP contribution >= 0.6 is 0 Å². The van der Waals surface area contributed by atoms with E-state index in [0.717, 1.165) is 42.2 Å². The molecule has 126 valence electrons. The standard InChI is InChI=1S/C17H21N5O2/c1-24-11-6-4-10(5-7-11)14-12(9-19-22-14)16-20-13-3-2-8-18-17(23)15(13)21-16/h4-7,12,14,19,22H,2-3,8-9H2,1H3,(H,18,23)(H,20,21). The number of ether oxygens (including phenoxy) is 1. The van der Waals surface area contributed by atoms with Crippen LogP contribution < -0.4 is 20.9 Å². The number of methoxy groups -OCH3 is 1. The van der Waals surface area contributed by atoms with E-state index in [-0.39, 0.29) is 17.9 Å². The van der Waals surface area contributed by atoms with Gasteiger partial charge in [0, 0.05) is 18.8 Å². The van der Waals surface area contributed by atoms with Crippen molar-refractivity contribution >= 4 is 5.91 Å². The summed E-state index contributed by atoms with van der Waals surface area (Å²) in [6.45, 7) is 1.46. The number of amides is 1. The maximum Gasteiger partial charge on any atom is 0.271 e. The molecule has 2 atom stereocenters. The zero-order valence-electron chi connectivity index (χ0n) is 13.6. The lowest BCUT2D eigenvalue weighted by Gasteiger charge is -2.17. The van der Waals surface area contributed by atoms with Crippen LogP contribution in [0, 0.1) is 0 Å². The number of aromatic amines is 1. The average molecular weight is 327 g/mol.